The molecular weight excluding hydrogens is 406 g/mol. The summed E-state index contributed by atoms with van der Waals surface area (Å²) < 4.78 is 30.5. The third kappa shape index (κ3) is 4.23. The van der Waals surface area contributed by atoms with Crippen LogP contribution in [0.15, 0.2) is 29.0 Å². The second-order valence-corrected chi connectivity index (χ2v) is 7.61. The Hall–Kier alpha value is -1.16. The SMILES string of the molecule is CCCN(CC)S(=O)(=O)Nc1nn(-c2ncccc2Cl)cc1Br. The maximum atomic E-state index is 12.4. The molecule has 2 heterocycles. The van der Waals surface area contributed by atoms with Gasteiger partial charge in [0.05, 0.1) is 9.50 Å². The van der Waals surface area contributed by atoms with Crippen molar-refractivity contribution in [3.63, 3.8) is 0 Å². The smallest absolute Gasteiger partial charge is 0.252 e. The highest BCUT2D eigenvalue weighted by Gasteiger charge is 2.22. The highest BCUT2D eigenvalue weighted by atomic mass is 79.9. The summed E-state index contributed by atoms with van der Waals surface area (Å²) in [5, 5.41) is 4.62. The zero-order chi connectivity index (χ0) is 17.0. The Labute approximate surface area is 149 Å². The van der Waals surface area contributed by atoms with Crippen molar-refractivity contribution in [2.24, 2.45) is 0 Å². The lowest BCUT2D eigenvalue weighted by Gasteiger charge is -2.19. The fraction of sp³-hybridized carbons (Fsp3) is 0.385. The molecule has 0 amide bonds. The van der Waals surface area contributed by atoms with Gasteiger partial charge in [-0.15, -0.1) is 5.10 Å². The van der Waals surface area contributed by atoms with E-state index in [2.05, 4.69) is 30.7 Å². The average molecular weight is 423 g/mol. The molecule has 0 aliphatic rings. The number of aromatic nitrogens is 3. The van der Waals surface area contributed by atoms with E-state index in [-0.39, 0.29) is 5.82 Å². The molecule has 0 aromatic carbocycles. The van der Waals surface area contributed by atoms with Crippen LogP contribution in [0.4, 0.5) is 5.82 Å². The number of anilines is 1. The molecule has 2 rings (SSSR count). The number of rotatable bonds is 7. The van der Waals surface area contributed by atoms with E-state index in [4.69, 9.17) is 11.6 Å². The topological polar surface area (TPSA) is 80.1 Å². The molecule has 2 aromatic heterocycles. The molecule has 0 unspecified atom stereocenters. The normalized spacial score (nSPS) is 11.9. The maximum absolute atomic E-state index is 12.4. The van der Waals surface area contributed by atoms with Gasteiger partial charge in [0.2, 0.25) is 0 Å². The second-order valence-electron chi connectivity index (χ2n) is 4.68. The predicted molar refractivity (Wildman–Crippen MR) is 94.1 cm³/mol. The molecular formula is C13H17BrClN5O2S. The van der Waals surface area contributed by atoms with Crippen LogP contribution < -0.4 is 4.72 Å². The van der Waals surface area contributed by atoms with Gasteiger partial charge in [0.1, 0.15) is 0 Å². The van der Waals surface area contributed by atoms with E-state index in [9.17, 15) is 8.42 Å². The Bertz CT molecular complexity index is 780. The van der Waals surface area contributed by atoms with Gasteiger partial charge in [0.15, 0.2) is 11.6 Å². The number of nitrogens with one attached hydrogen (secondary N) is 1. The van der Waals surface area contributed by atoms with Gasteiger partial charge in [-0.2, -0.15) is 12.7 Å². The van der Waals surface area contributed by atoms with Gasteiger partial charge in [-0.1, -0.05) is 25.4 Å². The highest BCUT2D eigenvalue weighted by molar-refractivity contribution is 9.10. The van der Waals surface area contributed by atoms with Gasteiger partial charge in [0, 0.05) is 25.5 Å². The highest BCUT2D eigenvalue weighted by Crippen LogP contribution is 2.25. The second kappa shape index (κ2) is 7.61. The van der Waals surface area contributed by atoms with Gasteiger partial charge in [-0.05, 0) is 34.5 Å². The largest absolute Gasteiger partial charge is 0.302 e. The minimum atomic E-state index is -3.67. The van der Waals surface area contributed by atoms with Crippen molar-refractivity contribution in [2.45, 2.75) is 20.3 Å². The van der Waals surface area contributed by atoms with Crippen molar-refractivity contribution >= 4 is 43.6 Å². The van der Waals surface area contributed by atoms with Crippen LogP contribution >= 0.6 is 27.5 Å². The summed E-state index contributed by atoms with van der Waals surface area (Å²) in [6.07, 6.45) is 3.91. The average Bonchev–Trinajstić information content (AvgIpc) is 2.85. The van der Waals surface area contributed by atoms with Crippen LogP contribution in [0.25, 0.3) is 5.82 Å². The lowest BCUT2D eigenvalue weighted by molar-refractivity contribution is 0.431. The first-order chi connectivity index (χ1) is 10.9. The summed E-state index contributed by atoms with van der Waals surface area (Å²) in [4.78, 5) is 4.14. The standard InChI is InChI=1S/C13H17BrClN5O2S/c1-3-8-19(4-2)23(21,22)18-12-10(14)9-20(17-12)13-11(15)6-5-7-16-13/h5-7,9H,3-4,8H2,1-2H3,(H,17,18). The molecule has 0 atom stereocenters. The first-order valence-corrected chi connectivity index (χ1v) is 9.64. The van der Waals surface area contributed by atoms with Crippen LogP contribution in [0.2, 0.25) is 5.02 Å². The van der Waals surface area contributed by atoms with Crippen molar-refractivity contribution < 1.29 is 8.42 Å². The lowest BCUT2D eigenvalue weighted by atomic mass is 10.4. The Morgan fingerprint density at radius 1 is 1.43 bits per heavy atom. The summed E-state index contributed by atoms with van der Waals surface area (Å²) in [6.45, 7) is 4.53. The van der Waals surface area contributed by atoms with E-state index in [1.807, 2.05) is 6.92 Å². The summed E-state index contributed by atoms with van der Waals surface area (Å²) in [7, 11) is -3.67. The number of halogens is 2. The summed E-state index contributed by atoms with van der Waals surface area (Å²) in [6, 6.07) is 3.39. The van der Waals surface area contributed by atoms with Crippen molar-refractivity contribution in [1.29, 1.82) is 0 Å². The van der Waals surface area contributed by atoms with Gasteiger partial charge >= 0.3 is 10.2 Å². The van der Waals surface area contributed by atoms with E-state index >= 15 is 0 Å². The van der Waals surface area contributed by atoms with Crippen LogP contribution in [0.1, 0.15) is 20.3 Å². The Kier molecular flexibility index (Phi) is 6.01. The monoisotopic (exact) mass is 421 g/mol. The zero-order valence-corrected chi connectivity index (χ0v) is 15.9. The van der Waals surface area contributed by atoms with E-state index in [0.29, 0.717) is 28.4 Å². The molecule has 0 aliphatic carbocycles. The molecule has 0 radical (unpaired) electrons. The fourth-order valence-corrected chi connectivity index (χ4v) is 3.96. The molecule has 0 aliphatic heterocycles. The van der Waals surface area contributed by atoms with E-state index in [1.165, 1.54) is 8.99 Å². The number of hydrogen-bond acceptors (Lipinski definition) is 4. The fourth-order valence-electron chi connectivity index (χ4n) is 1.96. The van der Waals surface area contributed by atoms with E-state index in [1.54, 1.807) is 31.5 Å². The summed E-state index contributed by atoms with van der Waals surface area (Å²) >= 11 is 9.38. The molecule has 10 heteroatoms. The molecule has 1 N–H and O–H groups in total. The molecule has 0 saturated heterocycles. The van der Waals surface area contributed by atoms with Gasteiger partial charge in [-0.25, -0.2) is 9.67 Å². The first kappa shape index (κ1) is 18.2. The lowest BCUT2D eigenvalue weighted by Crippen LogP contribution is -2.36. The van der Waals surface area contributed by atoms with Crippen LogP contribution in [0, 0.1) is 0 Å². The third-order valence-corrected chi connectivity index (χ3v) is 5.46. The molecule has 126 valence electrons. The van der Waals surface area contributed by atoms with Gasteiger partial charge in [-0.3, -0.25) is 4.72 Å². The number of nitrogens with zero attached hydrogens (tertiary/aromatic N) is 4. The predicted octanol–water partition coefficient (Wildman–Crippen LogP) is 3.07. The molecule has 0 fully saturated rings. The minimum Gasteiger partial charge on any atom is -0.252 e. The molecule has 0 bridgehead atoms. The summed E-state index contributed by atoms with van der Waals surface area (Å²) in [5.74, 6) is 0.600. The molecule has 2 aromatic rings. The Morgan fingerprint density at radius 3 is 2.78 bits per heavy atom. The minimum absolute atomic E-state index is 0.182. The van der Waals surface area contributed by atoms with Crippen LogP contribution in [0.3, 0.4) is 0 Å². The molecule has 23 heavy (non-hydrogen) atoms. The van der Waals surface area contributed by atoms with Crippen LogP contribution in [0.5, 0.6) is 0 Å². The van der Waals surface area contributed by atoms with E-state index in [0.717, 1.165) is 6.42 Å². The molecule has 7 nitrogen and oxygen atoms in total. The Morgan fingerprint density at radius 2 is 2.17 bits per heavy atom. The first-order valence-electron chi connectivity index (χ1n) is 7.03. The Balaban J connectivity index is 2.30. The van der Waals surface area contributed by atoms with E-state index < -0.39 is 10.2 Å². The van der Waals surface area contributed by atoms with Crippen LogP contribution in [-0.2, 0) is 10.2 Å². The van der Waals surface area contributed by atoms with Gasteiger partial charge in [0.25, 0.3) is 0 Å². The van der Waals surface area contributed by atoms with Crippen molar-refractivity contribution in [3.8, 4) is 5.82 Å². The third-order valence-electron chi connectivity index (χ3n) is 3.02. The number of pyridine rings is 1. The van der Waals surface area contributed by atoms with Crippen molar-refractivity contribution in [1.82, 2.24) is 19.1 Å². The number of hydrogen-bond donors (Lipinski definition) is 1. The molecule has 0 spiro atoms. The quantitative estimate of drug-likeness (QED) is 0.743. The zero-order valence-electron chi connectivity index (χ0n) is 12.7. The van der Waals surface area contributed by atoms with Crippen molar-refractivity contribution in [2.75, 3.05) is 17.8 Å². The molecule has 0 saturated carbocycles. The van der Waals surface area contributed by atoms with Crippen molar-refractivity contribution in [3.05, 3.63) is 34.0 Å². The summed E-state index contributed by atoms with van der Waals surface area (Å²) in [5.41, 5.74) is 0. The van der Waals surface area contributed by atoms with Crippen LogP contribution in [-0.4, -0.2) is 40.6 Å². The maximum Gasteiger partial charge on any atom is 0.302 e. The van der Waals surface area contributed by atoms with Gasteiger partial charge < -0.3 is 0 Å².